The summed E-state index contributed by atoms with van der Waals surface area (Å²) < 4.78 is 5.83. The Morgan fingerprint density at radius 1 is 1.50 bits per heavy atom. The smallest absolute Gasteiger partial charge is 0.223 e. The molecule has 0 aliphatic heterocycles. The van der Waals surface area contributed by atoms with Crippen molar-refractivity contribution in [2.24, 2.45) is 0 Å². The molecule has 0 saturated carbocycles. The Morgan fingerprint density at radius 3 is 3.00 bits per heavy atom. The highest BCUT2D eigenvalue weighted by molar-refractivity contribution is 9.10. The van der Waals surface area contributed by atoms with Gasteiger partial charge in [-0.1, -0.05) is 21.1 Å². The SMILES string of the molecule is Cc1nc(CNc2cc(Br)ccc2N)no1. The van der Waals surface area contributed by atoms with Crippen LogP contribution >= 0.6 is 15.9 Å². The molecule has 2 rings (SSSR count). The van der Waals surface area contributed by atoms with E-state index in [0.29, 0.717) is 23.9 Å². The van der Waals surface area contributed by atoms with Crippen LogP contribution in [0.5, 0.6) is 0 Å². The van der Waals surface area contributed by atoms with E-state index in [1.807, 2.05) is 18.2 Å². The molecule has 0 fully saturated rings. The number of nitrogens with two attached hydrogens (primary N) is 1. The van der Waals surface area contributed by atoms with Crippen molar-refractivity contribution in [1.82, 2.24) is 10.1 Å². The summed E-state index contributed by atoms with van der Waals surface area (Å²) in [6.07, 6.45) is 0. The highest BCUT2D eigenvalue weighted by Crippen LogP contribution is 2.23. The molecule has 1 aromatic carbocycles. The normalized spacial score (nSPS) is 10.4. The molecule has 0 saturated heterocycles. The van der Waals surface area contributed by atoms with Crippen molar-refractivity contribution in [2.45, 2.75) is 13.5 Å². The number of nitrogen functional groups attached to an aromatic ring is 1. The third-order valence-electron chi connectivity index (χ3n) is 2.02. The molecule has 1 aromatic heterocycles. The van der Waals surface area contributed by atoms with E-state index in [2.05, 4.69) is 31.4 Å². The first kappa shape index (κ1) is 10.9. The molecule has 0 aliphatic carbocycles. The van der Waals surface area contributed by atoms with Gasteiger partial charge in [-0.15, -0.1) is 0 Å². The standard InChI is InChI=1S/C10H11BrN4O/c1-6-14-10(15-16-6)5-13-9-4-7(11)2-3-8(9)12/h2-4,13H,5,12H2,1H3. The van der Waals surface area contributed by atoms with Crippen LogP contribution in [0.15, 0.2) is 27.2 Å². The van der Waals surface area contributed by atoms with Crippen molar-refractivity contribution in [3.8, 4) is 0 Å². The van der Waals surface area contributed by atoms with Gasteiger partial charge in [-0.3, -0.25) is 0 Å². The van der Waals surface area contributed by atoms with Gasteiger partial charge in [0.2, 0.25) is 5.89 Å². The van der Waals surface area contributed by atoms with E-state index in [1.165, 1.54) is 0 Å². The molecular formula is C10H11BrN4O. The fourth-order valence-electron chi connectivity index (χ4n) is 1.27. The van der Waals surface area contributed by atoms with Crippen molar-refractivity contribution < 1.29 is 4.52 Å². The lowest BCUT2D eigenvalue weighted by atomic mass is 10.2. The first-order chi connectivity index (χ1) is 7.65. The first-order valence-corrected chi connectivity index (χ1v) is 5.52. The monoisotopic (exact) mass is 282 g/mol. The van der Waals surface area contributed by atoms with E-state index in [4.69, 9.17) is 10.3 Å². The van der Waals surface area contributed by atoms with Crippen molar-refractivity contribution in [3.63, 3.8) is 0 Å². The van der Waals surface area contributed by atoms with Crippen LogP contribution in [0.3, 0.4) is 0 Å². The van der Waals surface area contributed by atoms with Crippen LogP contribution < -0.4 is 11.1 Å². The third-order valence-corrected chi connectivity index (χ3v) is 2.52. The van der Waals surface area contributed by atoms with E-state index in [-0.39, 0.29) is 0 Å². The summed E-state index contributed by atoms with van der Waals surface area (Å²) in [7, 11) is 0. The summed E-state index contributed by atoms with van der Waals surface area (Å²) in [6, 6.07) is 5.62. The van der Waals surface area contributed by atoms with Crippen LogP contribution in [0, 0.1) is 6.92 Å². The second-order valence-corrected chi connectivity index (χ2v) is 4.23. The highest BCUT2D eigenvalue weighted by Gasteiger charge is 2.04. The van der Waals surface area contributed by atoms with Gasteiger partial charge < -0.3 is 15.6 Å². The average Bonchev–Trinajstić information content (AvgIpc) is 2.66. The van der Waals surface area contributed by atoms with Gasteiger partial charge in [0.15, 0.2) is 5.82 Å². The average molecular weight is 283 g/mol. The number of nitrogens with one attached hydrogen (secondary N) is 1. The number of halogens is 1. The van der Waals surface area contributed by atoms with E-state index in [9.17, 15) is 0 Å². The van der Waals surface area contributed by atoms with Gasteiger partial charge in [0.25, 0.3) is 0 Å². The van der Waals surface area contributed by atoms with Crippen molar-refractivity contribution >= 4 is 27.3 Å². The third kappa shape index (κ3) is 2.52. The van der Waals surface area contributed by atoms with Gasteiger partial charge in [-0.25, -0.2) is 0 Å². The number of anilines is 2. The maximum atomic E-state index is 5.81. The second-order valence-electron chi connectivity index (χ2n) is 3.31. The molecule has 0 radical (unpaired) electrons. The Hall–Kier alpha value is -1.56. The fraction of sp³-hybridized carbons (Fsp3) is 0.200. The maximum Gasteiger partial charge on any atom is 0.223 e. The molecule has 0 aliphatic rings. The maximum absolute atomic E-state index is 5.81. The Bertz CT molecular complexity index is 497. The molecular weight excluding hydrogens is 272 g/mol. The Kier molecular flexibility index (Phi) is 3.09. The fourth-order valence-corrected chi connectivity index (χ4v) is 1.63. The predicted molar refractivity (Wildman–Crippen MR) is 64.9 cm³/mol. The molecule has 5 nitrogen and oxygen atoms in total. The molecule has 0 unspecified atom stereocenters. The summed E-state index contributed by atoms with van der Waals surface area (Å²) in [5.74, 6) is 1.16. The molecule has 1 heterocycles. The minimum absolute atomic E-state index is 0.484. The lowest BCUT2D eigenvalue weighted by Crippen LogP contribution is -2.03. The molecule has 6 heteroatoms. The Labute approximate surface area is 101 Å². The van der Waals surface area contributed by atoms with E-state index >= 15 is 0 Å². The second kappa shape index (κ2) is 4.52. The minimum atomic E-state index is 0.484. The topological polar surface area (TPSA) is 77.0 Å². The molecule has 0 atom stereocenters. The number of hydrogen-bond donors (Lipinski definition) is 2. The molecule has 0 spiro atoms. The van der Waals surface area contributed by atoms with Crippen LogP contribution in [0.1, 0.15) is 11.7 Å². The van der Waals surface area contributed by atoms with E-state index in [0.717, 1.165) is 10.2 Å². The summed E-state index contributed by atoms with van der Waals surface area (Å²) in [4.78, 5) is 4.09. The largest absolute Gasteiger partial charge is 0.397 e. The van der Waals surface area contributed by atoms with Gasteiger partial charge in [0.05, 0.1) is 17.9 Å². The first-order valence-electron chi connectivity index (χ1n) is 4.73. The molecule has 0 bridgehead atoms. The van der Waals surface area contributed by atoms with E-state index in [1.54, 1.807) is 6.92 Å². The molecule has 84 valence electrons. The van der Waals surface area contributed by atoms with Crippen LogP contribution in [-0.2, 0) is 6.54 Å². The number of rotatable bonds is 3. The summed E-state index contributed by atoms with van der Waals surface area (Å²) in [5, 5.41) is 6.93. The quantitative estimate of drug-likeness (QED) is 0.845. The van der Waals surface area contributed by atoms with Crippen molar-refractivity contribution in [2.75, 3.05) is 11.1 Å². The zero-order valence-corrected chi connectivity index (χ0v) is 10.3. The Balaban J connectivity index is 2.07. The van der Waals surface area contributed by atoms with E-state index < -0.39 is 0 Å². The number of hydrogen-bond acceptors (Lipinski definition) is 5. The van der Waals surface area contributed by atoms with Crippen molar-refractivity contribution in [3.05, 3.63) is 34.4 Å². The molecule has 2 aromatic rings. The molecule has 0 amide bonds. The van der Waals surface area contributed by atoms with Crippen LogP contribution in [-0.4, -0.2) is 10.1 Å². The van der Waals surface area contributed by atoms with Gasteiger partial charge in [0, 0.05) is 11.4 Å². The van der Waals surface area contributed by atoms with Gasteiger partial charge in [-0.05, 0) is 18.2 Å². The van der Waals surface area contributed by atoms with Crippen LogP contribution in [0.4, 0.5) is 11.4 Å². The predicted octanol–water partition coefficient (Wildman–Crippen LogP) is 2.33. The lowest BCUT2D eigenvalue weighted by molar-refractivity contribution is 0.388. The highest BCUT2D eigenvalue weighted by atomic mass is 79.9. The molecule has 16 heavy (non-hydrogen) atoms. The minimum Gasteiger partial charge on any atom is -0.397 e. The number of aryl methyl sites for hydroxylation is 1. The van der Waals surface area contributed by atoms with Crippen LogP contribution in [0.25, 0.3) is 0 Å². The summed E-state index contributed by atoms with van der Waals surface area (Å²) >= 11 is 3.38. The zero-order valence-electron chi connectivity index (χ0n) is 8.70. The Morgan fingerprint density at radius 2 is 2.31 bits per heavy atom. The number of aromatic nitrogens is 2. The van der Waals surface area contributed by atoms with Crippen molar-refractivity contribution in [1.29, 1.82) is 0 Å². The lowest BCUT2D eigenvalue weighted by Gasteiger charge is -2.07. The van der Waals surface area contributed by atoms with Gasteiger partial charge in [-0.2, -0.15) is 4.98 Å². The zero-order chi connectivity index (χ0) is 11.5. The van der Waals surface area contributed by atoms with Gasteiger partial charge >= 0.3 is 0 Å². The van der Waals surface area contributed by atoms with Crippen LogP contribution in [0.2, 0.25) is 0 Å². The summed E-state index contributed by atoms with van der Waals surface area (Å²) in [6.45, 7) is 2.24. The number of benzene rings is 1. The number of nitrogens with zero attached hydrogens (tertiary/aromatic N) is 2. The molecule has 3 N–H and O–H groups in total. The summed E-state index contributed by atoms with van der Waals surface area (Å²) in [5.41, 5.74) is 7.34. The van der Waals surface area contributed by atoms with Gasteiger partial charge in [0.1, 0.15) is 0 Å².